The molecular formula is C14H17BrN2S. The van der Waals surface area contributed by atoms with Crippen LogP contribution in [-0.2, 0) is 6.42 Å². The predicted molar refractivity (Wildman–Crippen MR) is 81.6 cm³/mol. The summed E-state index contributed by atoms with van der Waals surface area (Å²) in [6.45, 7) is 2.20. The van der Waals surface area contributed by atoms with Gasteiger partial charge in [0.2, 0.25) is 0 Å². The second-order valence-corrected chi connectivity index (χ2v) is 6.03. The number of hydrogen-bond acceptors (Lipinski definition) is 3. The van der Waals surface area contributed by atoms with E-state index in [1.807, 2.05) is 0 Å². The predicted octanol–water partition coefficient (Wildman–Crippen LogP) is 4.02. The summed E-state index contributed by atoms with van der Waals surface area (Å²) in [5, 5.41) is 2.06. The Labute approximate surface area is 120 Å². The molecule has 1 aromatic heterocycles. The van der Waals surface area contributed by atoms with Gasteiger partial charge in [-0.25, -0.2) is 5.43 Å². The second-order valence-electron chi connectivity index (χ2n) is 4.22. The SMILES string of the molecule is CCCc1ccc(C(NN)c2sccc2Br)cc1. The average molecular weight is 325 g/mol. The van der Waals surface area contributed by atoms with E-state index < -0.39 is 0 Å². The van der Waals surface area contributed by atoms with Crippen LogP contribution >= 0.6 is 27.3 Å². The van der Waals surface area contributed by atoms with Crippen LogP contribution in [0.4, 0.5) is 0 Å². The molecular weight excluding hydrogens is 308 g/mol. The molecule has 1 unspecified atom stereocenters. The smallest absolute Gasteiger partial charge is 0.0813 e. The maximum Gasteiger partial charge on any atom is 0.0813 e. The number of thiophene rings is 1. The Morgan fingerprint density at radius 3 is 2.50 bits per heavy atom. The van der Waals surface area contributed by atoms with Crippen LogP contribution in [0.15, 0.2) is 40.2 Å². The van der Waals surface area contributed by atoms with Crippen molar-refractivity contribution in [3.8, 4) is 0 Å². The van der Waals surface area contributed by atoms with E-state index in [0.29, 0.717) is 0 Å². The summed E-state index contributed by atoms with van der Waals surface area (Å²) >= 11 is 5.26. The lowest BCUT2D eigenvalue weighted by atomic mass is 10.0. The molecule has 3 N–H and O–H groups in total. The molecule has 1 aromatic carbocycles. The van der Waals surface area contributed by atoms with E-state index in [2.05, 4.69) is 64.0 Å². The Morgan fingerprint density at radius 1 is 1.28 bits per heavy atom. The molecule has 0 aliphatic rings. The fourth-order valence-electron chi connectivity index (χ4n) is 2.00. The average Bonchev–Trinajstić information content (AvgIpc) is 2.79. The fraction of sp³-hybridized carbons (Fsp3) is 0.286. The first-order valence-corrected chi connectivity index (χ1v) is 7.71. The molecule has 96 valence electrons. The van der Waals surface area contributed by atoms with E-state index in [-0.39, 0.29) is 6.04 Å². The van der Waals surface area contributed by atoms with Gasteiger partial charge >= 0.3 is 0 Å². The third-order valence-corrected chi connectivity index (χ3v) is 4.86. The van der Waals surface area contributed by atoms with Gasteiger partial charge in [0.05, 0.1) is 6.04 Å². The number of nitrogens with one attached hydrogen (secondary N) is 1. The first kappa shape index (κ1) is 13.7. The minimum absolute atomic E-state index is 0.0510. The van der Waals surface area contributed by atoms with Crippen molar-refractivity contribution in [3.63, 3.8) is 0 Å². The molecule has 2 rings (SSSR count). The number of aryl methyl sites for hydroxylation is 1. The molecule has 1 heterocycles. The maximum absolute atomic E-state index is 5.70. The van der Waals surface area contributed by atoms with Crippen LogP contribution in [0.1, 0.15) is 35.4 Å². The highest BCUT2D eigenvalue weighted by Gasteiger charge is 2.16. The molecule has 1 atom stereocenters. The van der Waals surface area contributed by atoms with Gasteiger partial charge < -0.3 is 0 Å². The quantitative estimate of drug-likeness (QED) is 0.644. The van der Waals surface area contributed by atoms with Gasteiger partial charge in [0.25, 0.3) is 0 Å². The fourth-order valence-corrected chi connectivity index (χ4v) is 3.69. The molecule has 2 nitrogen and oxygen atoms in total. The Hall–Kier alpha value is -0.680. The lowest BCUT2D eigenvalue weighted by Gasteiger charge is -2.16. The summed E-state index contributed by atoms with van der Waals surface area (Å²) in [4.78, 5) is 1.21. The number of hydrogen-bond donors (Lipinski definition) is 2. The lowest BCUT2D eigenvalue weighted by molar-refractivity contribution is 0.644. The van der Waals surface area contributed by atoms with E-state index in [4.69, 9.17) is 5.84 Å². The van der Waals surface area contributed by atoms with Crippen molar-refractivity contribution < 1.29 is 0 Å². The molecule has 0 radical (unpaired) electrons. The highest BCUT2D eigenvalue weighted by atomic mass is 79.9. The minimum Gasteiger partial charge on any atom is -0.271 e. The van der Waals surface area contributed by atoms with Gasteiger partial charge in [0.1, 0.15) is 0 Å². The monoisotopic (exact) mass is 324 g/mol. The lowest BCUT2D eigenvalue weighted by Crippen LogP contribution is -2.28. The topological polar surface area (TPSA) is 38.0 Å². The van der Waals surface area contributed by atoms with Gasteiger partial charge in [0, 0.05) is 9.35 Å². The van der Waals surface area contributed by atoms with Crippen molar-refractivity contribution in [2.24, 2.45) is 5.84 Å². The van der Waals surface area contributed by atoms with Crippen LogP contribution in [0, 0.1) is 0 Å². The van der Waals surface area contributed by atoms with Gasteiger partial charge in [-0.15, -0.1) is 11.3 Å². The Morgan fingerprint density at radius 2 is 2.00 bits per heavy atom. The van der Waals surface area contributed by atoms with Crippen molar-refractivity contribution in [3.05, 3.63) is 56.2 Å². The van der Waals surface area contributed by atoms with Crippen LogP contribution in [0.2, 0.25) is 0 Å². The molecule has 0 aliphatic carbocycles. The van der Waals surface area contributed by atoms with Gasteiger partial charge in [-0.05, 0) is 44.9 Å². The first-order valence-electron chi connectivity index (χ1n) is 6.04. The summed E-state index contributed by atoms with van der Waals surface area (Å²) in [6, 6.07) is 10.8. The van der Waals surface area contributed by atoms with Gasteiger partial charge in [-0.3, -0.25) is 5.84 Å². The second kappa shape index (κ2) is 6.48. The number of benzene rings is 1. The standard InChI is InChI=1S/C14H17BrN2S/c1-2-3-10-4-6-11(7-5-10)13(17-16)14-12(15)8-9-18-14/h4-9,13,17H,2-3,16H2,1H3. The summed E-state index contributed by atoms with van der Waals surface area (Å²) in [5.74, 6) is 5.70. The Balaban J connectivity index is 2.25. The first-order chi connectivity index (χ1) is 8.76. The molecule has 0 fully saturated rings. The van der Waals surface area contributed by atoms with Crippen molar-refractivity contribution in [2.75, 3.05) is 0 Å². The van der Waals surface area contributed by atoms with Crippen molar-refractivity contribution in [1.82, 2.24) is 5.43 Å². The van der Waals surface area contributed by atoms with Crippen molar-refractivity contribution in [1.29, 1.82) is 0 Å². The molecule has 18 heavy (non-hydrogen) atoms. The van der Waals surface area contributed by atoms with E-state index in [9.17, 15) is 0 Å². The highest BCUT2D eigenvalue weighted by molar-refractivity contribution is 9.10. The molecule has 0 amide bonds. The van der Waals surface area contributed by atoms with Crippen molar-refractivity contribution in [2.45, 2.75) is 25.8 Å². The molecule has 2 aromatic rings. The van der Waals surface area contributed by atoms with Gasteiger partial charge in [0.15, 0.2) is 0 Å². The van der Waals surface area contributed by atoms with Crippen LogP contribution in [0.5, 0.6) is 0 Å². The number of nitrogens with two attached hydrogens (primary N) is 1. The van der Waals surface area contributed by atoms with Gasteiger partial charge in [-0.2, -0.15) is 0 Å². The summed E-state index contributed by atoms with van der Waals surface area (Å²) in [7, 11) is 0. The minimum atomic E-state index is 0.0510. The number of halogens is 1. The normalized spacial score (nSPS) is 12.6. The molecule has 0 saturated heterocycles. The van der Waals surface area contributed by atoms with Crippen LogP contribution in [-0.4, -0.2) is 0 Å². The van der Waals surface area contributed by atoms with Crippen LogP contribution in [0.25, 0.3) is 0 Å². The molecule has 0 aliphatic heterocycles. The van der Waals surface area contributed by atoms with Gasteiger partial charge in [-0.1, -0.05) is 37.6 Å². The van der Waals surface area contributed by atoms with Crippen LogP contribution < -0.4 is 11.3 Å². The molecule has 4 heteroatoms. The van der Waals surface area contributed by atoms with E-state index in [1.54, 1.807) is 11.3 Å². The highest BCUT2D eigenvalue weighted by Crippen LogP contribution is 2.32. The molecule has 0 spiro atoms. The van der Waals surface area contributed by atoms with Crippen LogP contribution in [0.3, 0.4) is 0 Å². The molecule has 0 saturated carbocycles. The number of hydrazine groups is 1. The van der Waals surface area contributed by atoms with E-state index in [1.165, 1.54) is 22.4 Å². The summed E-state index contributed by atoms with van der Waals surface area (Å²) < 4.78 is 1.10. The van der Waals surface area contributed by atoms with Crippen molar-refractivity contribution >= 4 is 27.3 Å². The zero-order valence-corrected chi connectivity index (χ0v) is 12.7. The number of rotatable bonds is 5. The third kappa shape index (κ3) is 3.01. The summed E-state index contributed by atoms with van der Waals surface area (Å²) in [5.41, 5.74) is 5.47. The zero-order valence-electron chi connectivity index (χ0n) is 10.3. The van der Waals surface area contributed by atoms with E-state index >= 15 is 0 Å². The third-order valence-electron chi connectivity index (χ3n) is 2.93. The Bertz CT molecular complexity index is 493. The zero-order chi connectivity index (χ0) is 13.0. The van der Waals surface area contributed by atoms with E-state index in [0.717, 1.165) is 10.9 Å². The Kier molecular flexibility index (Phi) is 4.95. The largest absolute Gasteiger partial charge is 0.271 e. The molecule has 0 bridgehead atoms. The summed E-state index contributed by atoms with van der Waals surface area (Å²) in [6.07, 6.45) is 2.30. The maximum atomic E-state index is 5.70.